The Morgan fingerprint density at radius 1 is 0.919 bits per heavy atom. The Morgan fingerprint density at radius 3 is 1.97 bits per heavy atom. The van der Waals surface area contributed by atoms with Crippen molar-refractivity contribution >= 4 is 23.9 Å². The molecule has 3 aliphatic heterocycles. The number of ether oxygens (including phenoxy) is 6. The molecule has 1 spiro atoms. The summed E-state index contributed by atoms with van der Waals surface area (Å²) in [7, 11) is 0. The second-order valence-corrected chi connectivity index (χ2v) is 11.8. The Bertz CT molecular complexity index is 1020. The topological polar surface area (TPSA) is 150 Å². The summed E-state index contributed by atoms with van der Waals surface area (Å²) in [6.07, 6.45) is -2.95. The minimum atomic E-state index is -1.98. The van der Waals surface area contributed by atoms with Gasteiger partial charge in [-0.25, -0.2) is 0 Å². The third-order valence-corrected chi connectivity index (χ3v) is 9.50. The van der Waals surface area contributed by atoms with Gasteiger partial charge in [-0.3, -0.25) is 19.2 Å². The van der Waals surface area contributed by atoms with Gasteiger partial charge < -0.3 is 33.5 Å². The summed E-state index contributed by atoms with van der Waals surface area (Å²) in [6, 6.07) is 0. The molecule has 0 aromatic rings. The van der Waals surface area contributed by atoms with E-state index in [1.165, 1.54) is 27.7 Å². The second-order valence-electron chi connectivity index (χ2n) is 11.8. The molecule has 0 radical (unpaired) electrons. The zero-order valence-electron chi connectivity index (χ0n) is 22.1. The Balaban J connectivity index is 1.75. The summed E-state index contributed by atoms with van der Waals surface area (Å²) in [5.74, 6) is -4.20. The number of aliphatic hydroxyl groups is 1. The molecule has 206 valence electrons. The molecule has 0 amide bonds. The van der Waals surface area contributed by atoms with E-state index in [9.17, 15) is 24.3 Å². The Morgan fingerprint density at radius 2 is 1.46 bits per heavy atom. The van der Waals surface area contributed by atoms with Crippen LogP contribution < -0.4 is 0 Å². The standard InChI is InChI=1S/C26H36O11/c1-12-22(30)36-21-20-23(5,37-20)9-7-16(33-13(2)27)24(6)17(34-14(3)28)8-10-25(11-32-25)18(24)19(26(12,21)31)35-15(4)29/h12,16-21,31H,7-11H2,1-6H3/t12-,16-,17+,18-,19-,20-,21+,23+,24-,25+,26+/m0/s1. The normalized spacial score (nSPS) is 50.0. The Labute approximate surface area is 215 Å². The van der Waals surface area contributed by atoms with Crippen LogP contribution in [0.3, 0.4) is 0 Å². The first kappa shape index (κ1) is 26.4. The maximum absolute atomic E-state index is 12.9. The predicted molar refractivity (Wildman–Crippen MR) is 123 cm³/mol. The fraction of sp³-hybridized carbons (Fsp3) is 0.846. The summed E-state index contributed by atoms with van der Waals surface area (Å²) in [5, 5.41) is 12.5. The SMILES string of the molecule is CC(=O)O[C@H]1CC[C@@]2(C)O[C@H]2[C@H]2OC(=O)[C@H](C)[C@@]2(O)[C@@H](OC(C)=O)[C@@H]2[C@@]3(CC[C@@H](OC(C)=O)[C@]12C)CO3. The molecule has 37 heavy (non-hydrogen) atoms. The quantitative estimate of drug-likeness (QED) is 0.322. The van der Waals surface area contributed by atoms with E-state index in [1.54, 1.807) is 0 Å². The van der Waals surface area contributed by atoms with E-state index in [4.69, 9.17) is 28.4 Å². The van der Waals surface area contributed by atoms with Gasteiger partial charge in [0.1, 0.15) is 24.4 Å². The smallest absolute Gasteiger partial charge is 0.312 e. The molecular formula is C26H36O11. The van der Waals surface area contributed by atoms with Crippen LogP contribution in [0.5, 0.6) is 0 Å². The molecule has 11 atom stereocenters. The van der Waals surface area contributed by atoms with E-state index in [2.05, 4.69) is 0 Å². The lowest BCUT2D eigenvalue weighted by molar-refractivity contribution is -0.246. The van der Waals surface area contributed by atoms with Crippen LogP contribution in [0.2, 0.25) is 0 Å². The van der Waals surface area contributed by atoms with Gasteiger partial charge in [0, 0.05) is 26.7 Å². The average Bonchev–Trinajstić information content (AvgIpc) is 3.69. The maximum atomic E-state index is 12.9. The molecule has 2 aliphatic carbocycles. The van der Waals surface area contributed by atoms with Crippen LogP contribution in [0.25, 0.3) is 0 Å². The van der Waals surface area contributed by atoms with Crippen molar-refractivity contribution in [2.24, 2.45) is 17.3 Å². The summed E-state index contributed by atoms with van der Waals surface area (Å²) in [6.45, 7) is 9.36. The highest BCUT2D eigenvalue weighted by atomic mass is 16.7. The number of hydrogen-bond acceptors (Lipinski definition) is 11. The average molecular weight is 525 g/mol. The molecule has 5 fully saturated rings. The lowest BCUT2D eigenvalue weighted by atomic mass is 9.52. The van der Waals surface area contributed by atoms with Gasteiger partial charge in [0.05, 0.1) is 29.1 Å². The molecule has 11 heteroatoms. The van der Waals surface area contributed by atoms with Gasteiger partial charge in [0.2, 0.25) is 0 Å². The molecule has 3 saturated heterocycles. The van der Waals surface area contributed by atoms with Crippen LogP contribution >= 0.6 is 0 Å². The fourth-order valence-corrected chi connectivity index (χ4v) is 7.45. The third kappa shape index (κ3) is 3.87. The van der Waals surface area contributed by atoms with Gasteiger partial charge in [-0.1, -0.05) is 6.92 Å². The Kier molecular flexibility index (Phi) is 5.97. The van der Waals surface area contributed by atoms with Crippen LogP contribution in [0, 0.1) is 17.3 Å². The number of hydrogen-bond donors (Lipinski definition) is 1. The minimum absolute atomic E-state index is 0.312. The first-order chi connectivity index (χ1) is 17.2. The lowest BCUT2D eigenvalue weighted by Gasteiger charge is -2.56. The number of carbonyl (C=O) groups excluding carboxylic acids is 4. The van der Waals surface area contributed by atoms with E-state index in [0.29, 0.717) is 32.3 Å². The molecule has 1 N–H and O–H groups in total. The molecule has 0 aromatic carbocycles. The summed E-state index contributed by atoms with van der Waals surface area (Å²) in [4.78, 5) is 50.1. The zero-order valence-corrected chi connectivity index (χ0v) is 22.1. The maximum Gasteiger partial charge on any atom is 0.312 e. The third-order valence-electron chi connectivity index (χ3n) is 9.50. The molecule has 2 saturated carbocycles. The van der Waals surface area contributed by atoms with Crippen molar-refractivity contribution in [1.82, 2.24) is 0 Å². The van der Waals surface area contributed by atoms with Crippen molar-refractivity contribution in [3.63, 3.8) is 0 Å². The largest absolute Gasteiger partial charge is 0.462 e. The van der Waals surface area contributed by atoms with Crippen molar-refractivity contribution < 1.29 is 52.7 Å². The van der Waals surface area contributed by atoms with Crippen LogP contribution in [-0.4, -0.2) is 82.9 Å². The van der Waals surface area contributed by atoms with E-state index in [-0.39, 0.29) is 0 Å². The number of carbonyl (C=O) groups is 4. The van der Waals surface area contributed by atoms with Crippen LogP contribution in [0.4, 0.5) is 0 Å². The number of rotatable bonds is 3. The summed E-state index contributed by atoms with van der Waals surface area (Å²) in [5.41, 5.74) is -4.75. The zero-order chi connectivity index (χ0) is 27.1. The second kappa shape index (κ2) is 8.38. The van der Waals surface area contributed by atoms with E-state index in [0.717, 1.165) is 0 Å². The fourth-order valence-electron chi connectivity index (χ4n) is 7.45. The van der Waals surface area contributed by atoms with Crippen molar-refractivity contribution in [3.05, 3.63) is 0 Å². The van der Waals surface area contributed by atoms with Gasteiger partial charge in [-0.05, 0) is 39.5 Å². The molecule has 0 bridgehead atoms. The first-order valence-electron chi connectivity index (χ1n) is 13.0. The first-order valence-corrected chi connectivity index (χ1v) is 13.0. The molecule has 0 unspecified atom stereocenters. The molecule has 5 aliphatic rings. The van der Waals surface area contributed by atoms with E-state index >= 15 is 0 Å². The minimum Gasteiger partial charge on any atom is -0.462 e. The van der Waals surface area contributed by atoms with Gasteiger partial charge >= 0.3 is 23.9 Å². The number of esters is 4. The molecule has 3 heterocycles. The molecular weight excluding hydrogens is 488 g/mol. The Hall–Kier alpha value is -2.24. The summed E-state index contributed by atoms with van der Waals surface area (Å²) < 4.78 is 35.5. The molecule has 0 aromatic heterocycles. The van der Waals surface area contributed by atoms with E-state index in [1.807, 2.05) is 13.8 Å². The van der Waals surface area contributed by atoms with Gasteiger partial charge in [0.25, 0.3) is 0 Å². The van der Waals surface area contributed by atoms with E-state index < -0.39 is 88.5 Å². The van der Waals surface area contributed by atoms with Crippen molar-refractivity contribution in [2.45, 2.75) is 115 Å². The molecule has 5 rings (SSSR count). The van der Waals surface area contributed by atoms with Crippen molar-refractivity contribution in [3.8, 4) is 0 Å². The highest BCUT2D eigenvalue weighted by Gasteiger charge is 2.78. The molecule has 11 nitrogen and oxygen atoms in total. The highest BCUT2D eigenvalue weighted by molar-refractivity contribution is 5.77. The predicted octanol–water partition coefficient (Wildman–Crippen LogP) is 1.21. The van der Waals surface area contributed by atoms with Crippen LogP contribution in [0.1, 0.15) is 67.2 Å². The van der Waals surface area contributed by atoms with Gasteiger partial charge in [-0.15, -0.1) is 0 Å². The van der Waals surface area contributed by atoms with Crippen molar-refractivity contribution in [2.75, 3.05) is 6.61 Å². The van der Waals surface area contributed by atoms with Crippen molar-refractivity contribution in [1.29, 1.82) is 0 Å². The summed E-state index contributed by atoms with van der Waals surface area (Å²) >= 11 is 0. The monoisotopic (exact) mass is 524 g/mol. The van der Waals surface area contributed by atoms with Gasteiger partial charge in [0.15, 0.2) is 11.7 Å². The highest BCUT2D eigenvalue weighted by Crippen LogP contribution is 2.64. The van der Waals surface area contributed by atoms with Crippen LogP contribution in [-0.2, 0) is 47.6 Å². The van der Waals surface area contributed by atoms with Gasteiger partial charge in [-0.2, -0.15) is 0 Å². The number of epoxide rings is 2. The number of fused-ring (bicyclic) bond motifs is 5. The lowest BCUT2D eigenvalue weighted by Crippen LogP contribution is -2.70. The van der Waals surface area contributed by atoms with Crippen LogP contribution in [0.15, 0.2) is 0 Å².